The van der Waals surface area contributed by atoms with Crippen LogP contribution in [-0.4, -0.2) is 40.2 Å². The predicted molar refractivity (Wildman–Crippen MR) is 95.7 cm³/mol. The second-order valence-corrected chi connectivity index (χ2v) is 7.35. The number of benzene rings is 1. The van der Waals surface area contributed by atoms with Gasteiger partial charge in [0.05, 0.1) is 17.5 Å². The zero-order chi connectivity index (χ0) is 19.0. The fourth-order valence-electron chi connectivity index (χ4n) is 3.23. The fourth-order valence-corrected chi connectivity index (χ4v) is 4.12. The molecule has 3 heterocycles. The van der Waals surface area contributed by atoms with Crippen molar-refractivity contribution in [2.75, 3.05) is 6.54 Å². The number of amides is 3. The predicted octanol–water partition coefficient (Wildman–Crippen LogP) is 2.17. The highest BCUT2D eigenvalue weighted by atomic mass is 32.1. The summed E-state index contributed by atoms with van der Waals surface area (Å²) in [5, 5.41) is 2.48. The average Bonchev–Trinajstić information content (AvgIpc) is 3.25. The summed E-state index contributed by atoms with van der Waals surface area (Å²) >= 11 is 1.69. The highest BCUT2D eigenvalue weighted by Gasteiger charge is 2.38. The summed E-state index contributed by atoms with van der Waals surface area (Å²) in [6, 6.07) is 8.27. The van der Waals surface area contributed by atoms with Crippen LogP contribution in [0.4, 0.5) is 0 Å². The first kappa shape index (κ1) is 17.4. The summed E-state index contributed by atoms with van der Waals surface area (Å²) in [5.41, 5.74) is 1.55. The number of thiophene rings is 1. The zero-order valence-electron chi connectivity index (χ0n) is 14.3. The van der Waals surface area contributed by atoms with Crippen molar-refractivity contribution in [3.8, 4) is 0 Å². The van der Waals surface area contributed by atoms with Crippen LogP contribution in [0.5, 0.6) is 0 Å². The Morgan fingerprint density at radius 2 is 1.74 bits per heavy atom. The van der Waals surface area contributed by atoms with Gasteiger partial charge < -0.3 is 9.74 Å². The molecule has 2 aliphatic rings. The molecule has 1 aromatic heterocycles. The molecule has 3 amide bonds. The summed E-state index contributed by atoms with van der Waals surface area (Å²) in [5.74, 6) is -2.27. The van der Waals surface area contributed by atoms with E-state index in [0.29, 0.717) is 18.2 Å². The van der Waals surface area contributed by atoms with Crippen molar-refractivity contribution in [1.29, 1.82) is 0 Å². The number of rotatable bonds is 4. The van der Waals surface area contributed by atoms with E-state index in [9.17, 15) is 19.2 Å². The number of carbonyl (C=O) groups is 4. The van der Waals surface area contributed by atoms with Crippen molar-refractivity contribution in [1.82, 2.24) is 9.96 Å². The molecule has 4 rings (SSSR count). The van der Waals surface area contributed by atoms with E-state index in [-0.39, 0.29) is 29.9 Å². The van der Waals surface area contributed by atoms with E-state index in [4.69, 9.17) is 4.84 Å². The standard InChI is InChI=1S/C19H16N2O5S/c22-16(20-9-7-15-12(11-20)8-10-27-15)5-6-17(23)26-21-18(24)13-3-1-2-4-14(13)19(21)25/h1-4,8,10H,5-7,9,11H2. The van der Waals surface area contributed by atoms with Gasteiger partial charge in [-0.2, -0.15) is 0 Å². The normalized spacial score (nSPS) is 15.6. The third-order valence-corrected chi connectivity index (χ3v) is 5.68. The van der Waals surface area contributed by atoms with Gasteiger partial charge in [0.15, 0.2) is 0 Å². The third kappa shape index (κ3) is 3.23. The molecule has 7 nitrogen and oxygen atoms in total. The molecule has 0 bridgehead atoms. The van der Waals surface area contributed by atoms with E-state index < -0.39 is 17.8 Å². The molecule has 0 radical (unpaired) electrons. The molecule has 0 unspecified atom stereocenters. The minimum absolute atomic E-state index is 0.0263. The minimum Gasteiger partial charge on any atom is -0.338 e. The fraction of sp³-hybridized carbons (Fsp3) is 0.263. The van der Waals surface area contributed by atoms with E-state index in [0.717, 1.165) is 12.0 Å². The maximum Gasteiger partial charge on any atom is 0.333 e. The van der Waals surface area contributed by atoms with E-state index in [1.165, 1.54) is 17.0 Å². The van der Waals surface area contributed by atoms with Gasteiger partial charge in [0, 0.05) is 24.4 Å². The summed E-state index contributed by atoms with van der Waals surface area (Å²) in [7, 11) is 0. The molecule has 2 aromatic rings. The second-order valence-electron chi connectivity index (χ2n) is 6.35. The molecule has 27 heavy (non-hydrogen) atoms. The van der Waals surface area contributed by atoms with Gasteiger partial charge in [-0.25, -0.2) is 4.79 Å². The van der Waals surface area contributed by atoms with Gasteiger partial charge in [0.25, 0.3) is 11.8 Å². The molecule has 0 saturated heterocycles. The quantitative estimate of drug-likeness (QED) is 0.755. The largest absolute Gasteiger partial charge is 0.338 e. The SMILES string of the molecule is O=C(CCC(=O)N1CCc2sccc2C1)ON1C(=O)c2ccccc2C1=O. The van der Waals surface area contributed by atoms with E-state index in [1.54, 1.807) is 28.4 Å². The molecule has 8 heteroatoms. The minimum atomic E-state index is -0.786. The first-order valence-corrected chi connectivity index (χ1v) is 9.44. The Labute approximate surface area is 159 Å². The summed E-state index contributed by atoms with van der Waals surface area (Å²) < 4.78 is 0. The van der Waals surface area contributed by atoms with Crippen LogP contribution in [0, 0.1) is 0 Å². The zero-order valence-corrected chi connectivity index (χ0v) is 15.2. The number of hydrogen-bond donors (Lipinski definition) is 0. The molecule has 0 fully saturated rings. The molecule has 0 spiro atoms. The highest BCUT2D eigenvalue weighted by molar-refractivity contribution is 7.10. The molecule has 138 valence electrons. The van der Waals surface area contributed by atoms with Crippen LogP contribution in [0.15, 0.2) is 35.7 Å². The highest BCUT2D eigenvalue weighted by Crippen LogP contribution is 2.25. The van der Waals surface area contributed by atoms with Gasteiger partial charge in [-0.05, 0) is 35.6 Å². The summed E-state index contributed by atoms with van der Waals surface area (Å²) in [4.78, 5) is 56.7. The van der Waals surface area contributed by atoms with Crippen LogP contribution >= 0.6 is 11.3 Å². The lowest BCUT2D eigenvalue weighted by atomic mass is 10.1. The van der Waals surface area contributed by atoms with E-state index >= 15 is 0 Å². The first-order chi connectivity index (χ1) is 13.0. The van der Waals surface area contributed by atoms with Crippen LogP contribution in [0.25, 0.3) is 0 Å². The third-order valence-electron chi connectivity index (χ3n) is 4.65. The van der Waals surface area contributed by atoms with E-state index in [2.05, 4.69) is 0 Å². The molecule has 1 aromatic carbocycles. The van der Waals surface area contributed by atoms with Gasteiger partial charge in [-0.3, -0.25) is 14.4 Å². The number of hydrogen-bond acceptors (Lipinski definition) is 6. The lowest BCUT2D eigenvalue weighted by Crippen LogP contribution is -2.36. The van der Waals surface area contributed by atoms with Crippen molar-refractivity contribution in [3.05, 3.63) is 57.3 Å². The maximum absolute atomic E-state index is 12.4. The molecule has 0 aliphatic carbocycles. The Kier molecular flexibility index (Phi) is 4.49. The average molecular weight is 384 g/mol. The lowest BCUT2D eigenvalue weighted by Gasteiger charge is -2.27. The number of fused-ring (bicyclic) bond motifs is 2. The smallest absolute Gasteiger partial charge is 0.333 e. The lowest BCUT2D eigenvalue weighted by molar-refractivity contribution is -0.169. The molecule has 2 aliphatic heterocycles. The van der Waals surface area contributed by atoms with Crippen LogP contribution in [-0.2, 0) is 27.4 Å². The number of imide groups is 1. The Morgan fingerprint density at radius 1 is 1.04 bits per heavy atom. The van der Waals surface area contributed by atoms with Crippen molar-refractivity contribution in [3.63, 3.8) is 0 Å². The van der Waals surface area contributed by atoms with Crippen LogP contribution < -0.4 is 0 Å². The summed E-state index contributed by atoms with van der Waals surface area (Å²) in [6.07, 6.45) is 0.596. The Balaban J connectivity index is 1.31. The molecule has 0 N–H and O–H groups in total. The number of nitrogens with zero attached hydrogens (tertiary/aromatic N) is 2. The Bertz CT molecular complexity index is 916. The first-order valence-electron chi connectivity index (χ1n) is 8.56. The molecular weight excluding hydrogens is 368 g/mol. The van der Waals surface area contributed by atoms with Gasteiger partial charge in [-0.1, -0.05) is 17.2 Å². The van der Waals surface area contributed by atoms with Crippen molar-refractivity contribution in [2.24, 2.45) is 0 Å². The molecule has 0 saturated carbocycles. The monoisotopic (exact) mass is 384 g/mol. The second kappa shape index (κ2) is 6.96. The van der Waals surface area contributed by atoms with Gasteiger partial charge in [0.1, 0.15) is 0 Å². The number of hydroxylamine groups is 2. The van der Waals surface area contributed by atoms with Crippen LogP contribution in [0.3, 0.4) is 0 Å². The molecule has 0 atom stereocenters. The summed E-state index contributed by atoms with van der Waals surface area (Å²) in [6.45, 7) is 1.17. The van der Waals surface area contributed by atoms with Crippen LogP contribution in [0.1, 0.15) is 44.0 Å². The van der Waals surface area contributed by atoms with E-state index in [1.807, 2.05) is 11.4 Å². The van der Waals surface area contributed by atoms with Gasteiger partial charge in [-0.15, -0.1) is 11.3 Å². The Hall–Kier alpha value is -3.00. The van der Waals surface area contributed by atoms with Gasteiger partial charge in [0.2, 0.25) is 5.91 Å². The maximum atomic E-state index is 12.4. The van der Waals surface area contributed by atoms with Crippen molar-refractivity contribution < 1.29 is 24.0 Å². The van der Waals surface area contributed by atoms with Crippen molar-refractivity contribution in [2.45, 2.75) is 25.8 Å². The van der Waals surface area contributed by atoms with Crippen molar-refractivity contribution >= 4 is 35.0 Å². The topological polar surface area (TPSA) is 84.0 Å². The van der Waals surface area contributed by atoms with Gasteiger partial charge >= 0.3 is 5.97 Å². The molecular formula is C19H16N2O5S. The Morgan fingerprint density at radius 3 is 2.44 bits per heavy atom. The van der Waals surface area contributed by atoms with Crippen LogP contribution in [0.2, 0.25) is 0 Å². The number of carbonyl (C=O) groups excluding carboxylic acids is 4.